The topological polar surface area (TPSA) is 105 Å². The molecule has 0 radical (unpaired) electrons. The largest absolute Gasteiger partial charge is 0.508 e. The molecule has 1 aliphatic rings. The van der Waals surface area contributed by atoms with Crippen LogP contribution in [0.25, 0.3) is 0 Å². The molecule has 3 aromatic rings. The van der Waals surface area contributed by atoms with Crippen LogP contribution in [0, 0.1) is 0 Å². The summed E-state index contributed by atoms with van der Waals surface area (Å²) in [6.07, 6.45) is -1.62. The van der Waals surface area contributed by atoms with Gasteiger partial charge >= 0.3 is 0 Å². The molecular weight excluding hydrogens is 388 g/mol. The first-order valence-corrected chi connectivity index (χ1v) is 9.17. The number of aromatic hydroxyl groups is 2. The molecule has 7 heteroatoms. The number of aliphatic hydroxyl groups excluding tert-OH is 1. The number of aliphatic hydroxyl groups is 1. The van der Waals surface area contributed by atoms with E-state index in [1.165, 1.54) is 44.6 Å². The highest BCUT2D eigenvalue weighted by atomic mass is 16.6. The molecule has 154 valence electrons. The molecule has 0 spiro atoms. The van der Waals surface area contributed by atoms with Gasteiger partial charge in [-0.25, -0.2) is 0 Å². The van der Waals surface area contributed by atoms with Crippen molar-refractivity contribution in [2.75, 3.05) is 14.2 Å². The van der Waals surface area contributed by atoms with Gasteiger partial charge in [0.15, 0.2) is 17.3 Å². The predicted molar refractivity (Wildman–Crippen MR) is 108 cm³/mol. The van der Waals surface area contributed by atoms with Crippen molar-refractivity contribution in [3.8, 4) is 28.7 Å². The number of Topliss-reactive ketones (excluding diaryl/α,β-unsaturated/α-hetero) is 1. The van der Waals surface area contributed by atoms with Gasteiger partial charge in [0.05, 0.1) is 14.2 Å². The SMILES string of the molecule is COc1cc(C2(c3ccccc3)C(=O)c3c(OC)cc(O)cc3OC2O)ccc1O. The summed E-state index contributed by atoms with van der Waals surface area (Å²) >= 11 is 0. The van der Waals surface area contributed by atoms with E-state index in [0.29, 0.717) is 11.1 Å². The Morgan fingerprint density at radius 3 is 2.27 bits per heavy atom. The smallest absolute Gasteiger partial charge is 0.218 e. The van der Waals surface area contributed by atoms with Crippen LogP contribution in [0.15, 0.2) is 60.7 Å². The standard InChI is InChI=1S/C23H20O7/c1-28-17-10-14(8-9-16(17)25)23(13-6-4-3-5-7-13)21(26)20-18(29-2)11-15(24)12-19(20)30-22(23)27/h3-12,22,24-25,27H,1-2H3. The van der Waals surface area contributed by atoms with E-state index in [1.807, 2.05) is 0 Å². The van der Waals surface area contributed by atoms with E-state index in [-0.39, 0.29) is 34.3 Å². The number of methoxy groups -OCH3 is 2. The molecule has 0 aromatic heterocycles. The maximum absolute atomic E-state index is 14.0. The normalized spacial score (nSPS) is 20.2. The van der Waals surface area contributed by atoms with Gasteiger partial charge in [-0.2, -0.15) is 0 Å². The van der Waals surface area contributed by atoms with E-state index < -0.39 is 17.5 Å². The summed E-state index contributed by atoms with van der Waals surface area (Å²) < 4.78 is 16.3. The summed E-state index contributed by atoms with van der Waals surface area (Å²) in [7, 11) is 2.77. The van der Waals surface area contributed by atoms with E-state index in [1.54, 1.807) is 30.3 Å². The third-order valence-electron chi connectivity index (χ3n) is 5.33. The molecule has 0 saturated heterocycles. The molecule has 0 saturated carbocycles. The zero-order valence-electron chi connectivity index (χ0n) is 16.3. The maximum atomic E-state index is 14.0. The third-order valence-corrected chi connectivity index (χ3v) is 5.33. The molecule has 3 aromatic carbocycles. The molecular formula is C23H20O7. The summed E-state index contributed by atoms with van der Waals surface area (Å²) in [6.45, 7) is 0. The first-order valence-electron chi connectivity index (χ1n) is 9.17. The van der Waals surface area contributed by atoms with Crippen molar-refractivity contribution >= 4 is 5.78 Å². The highest BCUT2D eigenvalue weighted by Crippen LogP contribution is 2.49. The second-order valence-corrected chi connectivity index (χ2v) is 6.88. The van der Waals surface area contributed by atoms with Crippen LogP contribution in [0.2, 0.25) is 0 Å². The molecule has 30 heavy (non-hydrogen) atoms. The third kappa shape index (κ3) is 2.74. The van der Waals surface area contributed by atoms with Crippen molar-refractivity contribution in [1.29, 1.82) is 0 Å². The average Bonchev–Trinajstić information content (AvgIpc) is 2.74. The lowest BCUT2D eigenvalue weighted by Crippen LogP contribution is -2.53. The van der Waals surface area contributed by atoms with E-state index in [0.717, 1.165) is 0 Å². The summed E-state index contributed by atoms with van der Waals surface area (Å²) in [5.41, 5.74) is -0.728. The van der Waals surface area contributed by atoms with Gasteiger partial charge in [0.2, 0.25) is 6.29 Å². The lowest BCUT2D eigenvalue weighted by atomic mass is 9.67. The van der Waals surface area contributed by atoms with Crippen molar-refractivity contribution in [1.82, 2.24) is 0 Å². The van der Waals surface area contributed by atoms with Crippen molar-refractivity contribution in [3.63, 3.8) is 0 Å². The Morgan fingerprint density at radius 2 is 1.60 bits per heavy atom. The monoisotopic (exact) mass is 408 g/mol. The summed E-state index contributed by atoms with van der Waals surface area (Å²) in [4.78, 5) is 14.0. The number of carbonyl (C=O) groups excluding carboxylic acids is 1. The summed E-state index contributed by atoms with van der Waals surface area (Å²) in [5.74, 6) is -0.469. The number of ether oxygens (including phenoxy) is 3. The number of benzene rings is 3. The number of phenols is 2. The molecule has 2 unspecified atom stereocenters. The first kappa shape index (κ1) is 19.6. The number of fused-ring (bicyclic) bond motifs is 1. The Hall–Kier alpha value is -3.71. The van der Waals surface area contributed by atoms with Crippen molar-refractivity contribution in [2.24, 2.45) is 0 Å². The van der Waals surface area contributed by atoms with Gasteiger partial charge in [0.25, 0.3) is 0 Å². The Labute approximate surface area is 172 Å². The van der Waals surface area contributed by atoms with Crippen molar-refractivity contribution in [3.05, 3.63) is 77.4 Å². The fourth-order valence-corrected chi connectivity index (χ4v) is 3.91. The van der Waals surface area contributed by atoms with E-state index in [9.17, 15) is 20.1 Å². The van der Waals surface area contributed by atoms with E-state index >= 15 is 0 Å². The van der Waals surface area contributed by atoms with Gasteiger partial charge in [0.1, 0.15) is 28.2 Å². The quantitative estimate of drug-likeness (QED) is 0.609. The minimum absolute atomic E-state index is 0.0154. The van der Waals surface area contributed by atoms with Crippen LogP contribution < -0.4 is 14.2 Å². The van der Waals surface area contributed by atoms with Gasteiger partial charge in [-0.1, -0.05) is 36.4 Å². The Morgan fingerprint density at radius 1 is 0.900 bits per heavy atom. The summed E-state index contributed by atoms with van der Waals surface area (Å²) in [6, 6.07) is 15.7. The zero-order chi connectivity index (χ0) is 21.5. The fraction of sp³-hybridized carbons (Fsp3) is 0.174. The van der Waals surface area contributed by atoms with Gasteiger partial charge in [0, 0.05) is 12.1 Å². The number of hydrogen-bond donors (Lipinski definition) is 3. The Bertz CT molecular complexity index is 1110. The highest BCUT2D eigenvalue weighted by Gasteiger charge is 2.55. The van der Waals surface area contributed by atoms with Crippen LogP contribution in [-0.4, -0.2) is 41.6 Å². The summed E-state index contributed by atoms with van der Waals surface area (Å²) in [5, 5.41) is 31.1. The second-order valence-electron chi connectivity index (χ2n) is 6.88. The van der Waals surface area contributed by atoms with Crippen molar-refractivity contribution < 1.29 is 34.3 Å². The molecule has 3 N–H and O–H groups in total. The predicted octanol–water partition coefficient (Wildman–Crippen LogP) is 2.99. The molecule has 1 aliphatic heterocycles. The zero-order valence-corrected chi connectivity index (χ0v) is 16.3. The maximum Gasteiger partial charge on any atom is 0.218 e. The van der Waals surface area contributed by atoms with E-state index in [2.05, 4.69) is 0 Å². The van der Waals surface area contributed by atoms with Crippen LogP contribution in [0.1, 0.15) is 21.5 Å². The number of hydrogen-bond acceptors (Lipinski definition) is 7. The lowest BCUT2D eigenvalue weighted by Gasteiger charge is -2.41. The van der Waals surface area contributed by atoms with Crippen LogP contribution in [0.3, 0.4) is 0 Å². The van der Waals surface area contributed by atoms with Crippen LogP contribution in [-0.2, 0) is 5.41 Å². The molecule has 4 rings (SSSR count). The van der Waals surface area contributed by atoms with Gasteiger partial charge in [-0.15, -0.1) is 0 Å². The fourth-order valence-electron chi connectivity index (χ4n) is 3.91. The highest BCUT2D eigenvalue weighted by molar-refractivity contribution is 6.11. The van der Waals surface area contributed by atoms with Crippen LogP contribution >= 0.6 is 0 Å². The second kappa shape index (κ2) is 7.27. The van der Waals surface area contributed by atoms with Gasteiger partial charge in [-0.05, 0) is 23.3 Å². The lowest BCUT2D eigenvalue weighted by molar-refractivity contribution is -0.0630. The number of carbonyl (C=O) groups is 1. The molecule has 1 heterocycles. The number of phenolic OH excluding ortho intramolecular Hbond substituents is 2. The average molecular weight is 408 g/mol. The molecule has 0 bridgehead atoms. The Balaban J connectivity index is 2.06. The Kier molecular flexibility index (Phi) is 4.75. The molecule has 0 amide bonds. The minimum atomic E-state index is -1.67. The molecule has 0 aliphatic carbocycles. The molecule has 7 nitrogen and oxygen atoms in total. The van der Waals surface area contributed by atoms with Crippen LogP contribution in [0.4, 0.5) is 0 Å². The van der Waals surface area contributed by atoms with Gasteiger partial charge < -0.3 is 29.5 Å². The molecule has 0 fully saturated rings. The minimum Gasteiger partial charge on any atom is -0.508 e. The van der Waals surface area contributed by atoms with Gasteiger partial charge in [-0.3, -0.25) is 4.79 Å². The van der Waals surface area contributed by atoms with Crippen molar-refractivity contribution in [2.45, 2.75) is 11.7 Å². The number of rotatable bonds is 4. The molecule has 2 atom stereocenters. The van der Waals surface area contributed by atoms with E-state index in [4.69, 9.17) is 14.2 Å². The van der Waals surface area contributed by atoms with Crippen LogP contribution in [0.5, 0.6) is 28.7 Å². The number of ketones is 1. The first-order chi connectivity index (χ1) is 14.4.